The number of benzene rings is 3. The molecule has 0 saturated carbocycles. The molecule has 3 aromatic carbocycles. The second-order valence-electron chi connectivity index (χ2n) is 7.91. The number of carbonyl (C=O) groups excluding carboxylic acids is 1. The van der Waals surface area contributed by atoms with Crippen LogP contribution in [0.1, 0.15) is 38.9 Å². The fraction of sp³-hybridized carbons (Fsp3) is 0.154. The van der Waals surface area contributed by atoms with Crippen molar-refractivity contribution in [1.29, 1.82) is 0 Å². The number of ether oxygens (including phenoxy) is 1. The van der Waals surface area contributed by atoms with Gasteiger partial charge in [0, 0.05) is 11.6 Å². The zero-order valence-corrected chi connectivity index (χ0v) is 18.3. The molecule has 160 valence electrons. The second kappa shape index (κ2) is 7.84. The standard InChI is InChI=1S/C26H20ClNO4/c1-15-3-7-17(8-4-15)23-22-24(29)20-13-18(27)9-12-21(20)32-25(22)26(30)28(23)14-16-5-10-19(31-2)11-6-16/h3-13,23H,14H2,1-2H3. The molecule has 0 radical (unpaired) electrons. The number of rotatable bonds is 4. The molecular weight excluding hydrogens is 426 g/mol. The summed E-state index contributed by atoms with van der Waals surface area (Å²) < 4.78 is 11.2. The van der Waals surface area contributed by atoms with Gasteiger partial charge in [0.25, 0.3) is 5.91 Å². The van der Waals surface area contributed by atoms with Crippen molar-refractivity contribution < 1.29 is 13.9 Å². The first-order valence-corrected chi connectivity index (χ1v) is 10.6. The number of nitrogens with zero attached hydrogens (tertiary/aromatic N) is 1. The summed E-state index contributed by atoms with van der Waals surface area (Å²) in [5, 5.41) is 0.809. The molecule has 0 spiro atoms. The third-order valence-corrected chi connectivity index (χ3v) is 6.07. The van der Waals surface area contributed by atoms with Gasteiger partial charge in [0.15, 0.2) is 5.43 Å². The highest BCUT2D eigenvalue weighted by Crippen LogP contribution is 2.39. The van der Waals surface area contributed by atoms with Crippen molar-refractivity contribution >= 4 is 28.5 Å². The van der Waals surface area contributed by atoms with Crippen LogP contribution in [-0.4, -0.2) is 17.9 Å². The number of halogens is 1. The fourth-order valence-corrected chi connectivity index (χ4v) is 4.35. The molecular formula is C26H20ClNO4. The summed E-state index contributed by atoms with van der Waals surface area (Å²) in [5.74, 6) is 0.513. The lowest BCUT2D eigenvalue weighted by Crippen LogP contribution is -2.29. The smallest absolute Gasteiger partial charge is 0.291 e. The molecule has 1 aliphatic heterocycles. The van der Waals surface area contributed by atoms with Gasteiger partial charge in [-0.25, -0.2) is 0 Å². The molecule has 0 aliphatic carbocycles. The first-order chi connectivity index (χ1) is 15.5. The highest BCUT2D eigenvalue weighted by Gasteiger charge is 2.42. The SMILES string of the molecule is COc1ccc(CN2C(=O)c3oc4ccc(Cl)cc4c(=O)c3C2c2ccc(C)cc2)cc1. The molecule has 1 aliphatic rings. The third-order valence-electron chi connectivity index (χ3n) is 5.83. The molecule has 5 nitrogen and oxygen atoms in total. The summed E-state index contributed by atoms with van der Waals surface area (Å²) in [6, 6.07) is 19.7. The van der Waals surface area contributed by atoms with E-state index in [-0.39, 0.29) is 17.1 Å². The Balaban J connectivity index is 1.68. The zero-order chi connectivity index (χ0) is 22.4. The van der Waals surface area contributed by atoms with Gasteiger partial charge in [0.05, 0.1) is 24.1 Å². The van der Waals surface area contributed by atoms with E-state index in [9.17, 15) is 9.59 Å². The molecule has 0 fully saturated rings. The summed E-state index contributed by atoms with van der Waals surface area (Å²) >= 11 is 6.13. The van der Waals surface area contributed by atoms with Crippen LogP contribution < -0.4 is 10.2 Å². The maximum Gasteiger partial charge on any atom is 0.291 e. The van der Waals surface area contributed by atoms with E-state index >= 15 is 0 Å². The molecule has 1 aromatic heterocycles. The van der Waals surface area contributed by atoms with Crippen LogP contribution in [0.25, 0.3) is 11.0 Å². The molecule has 0 N–H and O–H groups in total. The van der Waals surface area contributed by atoms with Crippen LogP contribution in [-0.2, 0) is 6.54 Å². The van der Waals surface area contributed by atoms with Gasteiger partial charge in [-0.05, 0) is 48.4 Å². The van der Waals surface area contributed by atoms with E-state index in [4.69, 9.17) is 20.8 Å². The van der Waals surface area contributed by atoms with Crippen molar-refractivity contribution in [3.05, 3.63) is 110 Å². The van der Waals surface area contributed by atoms with Gasteiger partial charge in [-0.15, -0.1) is 0 Å². The van der Waals surface area contributed by atoms with E-state index in [0.717, 1.165) is 22.4 Å². The minimum absolute atomic E-state index is 0.0870. The molecule has 1 amide bonds. The van der Waals surface area contributed by atoms with Gasteiger partial charge >= 0.3 is 0 Å². The Kier molecular flexibility index (Phi) is 4.98. The van der Waals surface area contributed by atoms with E-state index in [0.29, 0.717) is 28.1 Å². The largest absolute Gasteiger partial charge is 0.497 e. The molecule has 2 heterocycles. The van der Waals surface area contributed by atoms with Crippen LogP contribution in [0.5, 0.6) is 5.75 Å². The van der Waals surface area contributed by atoms with Crippen molar-refractivity contribution in [3.63, 3.8) is 0 Å². The first-order valence-electron chi connectivity index (χ1n) is 10.2. The third kappa shape index (κ3) is 3.35. The lowest BCUT2D eigenvalue weighted by Gasteiger charge is -2.25. The van der Waals surface area contributed by atoms with Crippen LogP contribution in [0.15, 0.2) is 75.9 Å². The van der Waals surface area contributed by atoms with Crippen LogP contribution in [0.4, 0.5) is 0 Å². The average molecular weight is 446 g/mol. The molecule has 4 aromatic rings. The number of hydrogen-bond acceptors (Lipinski definition) is 4. The van der Waals surface area contributed by atoms with Crippen LogP contribution in [0.2, 0.25) is 5.02 Å². The Bertz CT molecular complexity index is 1390. The van der Waals surface area contributed by atoms with Gasteiger partial charge in [0.1, 0.15) is 11.3 Å². The molecule has 1 unspecified atom stereocenters. The summed E-state index contributed by atoms with van der Waals surface area (Å²) in [5.41, 5.74) is 3.33. The molecule has 0 bridgehead atoms. The summed E-state index contributed by atoms with van der Waals surface area (Å²) in [7, 11) is 1.61. The van der Waals surface area contributed by atoms with Crippen molar-refractivity contribution in [2.24, 2.45) is 0 Å². The topological polar surface area (TPSA) is 59.8 Å². The molecule has 0 saturated heterocycles. The normalized spacial score (nSPS) is 15.3. The quantitative estimate of drug-likeness (QED) is 0.415. The predicted octanol–water partition coefficient (Wildman–Crippen LogP) is 5.51. The molecule has 32 heavy (non-hydrogen) atoms. The minimum atomic E-state index is -0.556. The zero-order valence-electron chi connectivity index (χ0n) is 17.6. The molecule has 6 heteroatoms. The van der Waals surface area contributed by atoms with Crippen LogP contribution in [0, 0.1) is 6.92 Å². The Hall–Kier alpha value is -3.57. The predicted molar refractivity (Wildman–Crippen MR) is 123 cm³/mol. The summed E-state index contributed by atoms with van der Waals surface area (Å²) in [6.45, 7) is 2.32. The highest BCUT2D eigenvalue weighted by molar-refractivity contribution is 6.31. The maximum absolute atomic E-state index is 13.5. The Morgan fingerprint density at radius 3 is 2.41 bits per heavy atom. The van der Waals surface area contributed by atoms with Crippen LogP contribution >= 0.6 is 11.6 Å². The van der Waals surface area contributed by atoms with Gasteiger partial charge in [-0.3, -0.25) is 9.59 Å². The van der Waals surface area contributed by atoms with E-state index in [1.165, 1.54) is 0 Å². The van der Waals surface area contributed by atoms with Crippen molar-refractivity contribution in [3.8, 4) is 5.75 Å². The number of aryl methyl sites for hydroxylation is 1. The number of methoxy groups -OCH3 is 1. The van der Waals surface area contributed by atoms with Crippen molar-refractivity contribution in [2.75, 3.05) is 7.11 Å². The monoisotopic (exact) mass is 445 g/mol. The second-order valence-corrected chi connectivity index (χ2v) is 8.35. The van der Waals surface area contributed by atoms with E-state index in [1.54, 1.807) is 30.2 Å². The summed E-state index contributed by atoms with van der Waals surface area (Å²) in [4.78, 5) is 28.7. The number of fused-ring (bicyclic) bond motifs is 2. The average Bonchev–Trinajstić information content (AvgIpc) is 3.07. The lowest BCUT2D eigenvalue weighted by atomic mass is 9.97. The maximum atomic E-state index is 13.5. The van der Waals surface area contributed by atoms with Gasteiger partial charge in [0.2, 0.25) is 5.76 Å². The molecule has 5 rings (SSSR count). The number of amides is 1. The van der Waals surface area contributed by atoms with E-state index < -0.39 is 6.04 Å². The minimum Gasteiger partial charge on any atom is -0.497 e. The van der Waals surface area contributed by atoms with Crippen molar-refractivity contribution in [1.82, 2.24) is 4.90 Å². The molecule has 1 atom stereocenters. The van der Waals surface area contributed by atoms with Gasteiger partial charge in [-0.1, -0.05) is 53.6 Å². The number of hydrogen-bond donors (Lipinski definition) is 0. The lowest BCUT2D eigenvalue weighted by molar-refractivity contribution is 0.0714. The van der Waals surface area contributed by atoms with E-state index in [2.05, 4.69) is 0 Å². The Labute approximate surface area is 189 Å². The fourth-order valence-electron chi connectivity index (χ4n) is 4.18. The Morgan fingerprint density at radius 1 is 1.00 bits per heavy atom. The highest BCUT2D eigenvalue weighted by atomic mass is 35.5. The Morgan fingerprint density at radius 2 is 1.72 bits per heavy atom. The summed E-state index contributed by atoms with van der Waals surface area (Å²) in [6.07, 6.45) is 0. The van der Waals surface area contributed by atoms with Gasteiger partial charge < -0.3 is 14.1 Å². The van der Waals surface area contributed by atoms with Crippen LogP contribution in [0.3, 0.4) is 0 Å². The first kappa shape index (κ1) is 20.3. The van der Waals surface area contributed by atoms with Crippen molar-refractivity contribution in [2.45, 2.75) is 19.5 Å². The number of carbonyl (C=O) groups is 1. The van der Waals surface area contributed by atoms with Gasteiger partial charge in [-0.2, -0.15) is 0 Å². The van der Waals surface area contributed by atoms with E-state index in [1.807, 2.05) is 55.5 Å².